The second-order valence-corrected chi connectivity index (χ2v) is 5.29. The van der Waals surface area contributed by atoms with Crippen LogP contribution in [0.4, 0.5) is 0 Å². The van der Waals surface area contributed by atoms with E-state index >= 15 is 0 Å². The summed E-state index contributed by atoms with van der Waals surface area (Å²) in [6.07, 6.45) is 0. The lowest BCUT2D eigenvalue weighted by atomic mass is 10.0. The van der Waals surface area contributed by atoms with Crippen molar-refractivity contribution < 1.29 is 0 Å². The molecule has 0 aliphatic carbocycles. The molecule has 86 valence electrons. The second-order valence-electron chi connectivity index (χ2n) is 5.29. The average molecular weight is 200 g/mol. The third kappa shape index (κ3) is 3.58. The minimum absolute atomic E-state index is 0. The van der Waals surface area contributed by atoms with Crippen LogP contribution in [0, 0.1) is 0 Å². The Labute approximate surface area is 90.3 Å². The highest BCUT2D eigenvalue weighted by molar-refractivity contribution is 4.82. The maximum absolute atomic E-state index is 2.58. The summed E-state index contributed by atoms with van der Waals surface area (Å²) in [5.74, 6) is 0. The summed E-state index contributed by atoms with van der Waals surface area (Å²) in [5.41, 5.74) is 0.350. The van der Waals surface area contributed by atoms with Gasteiger partial charge in [-0.2, -0.15) is 0 Å². The Balaban J connectivity index is 0.00000169. The van der Waals surface area contributed by atoms with Crippen molar-refractivity contribution in [2.75, 3.05) is 26.2 Å². The highest BCUT2D eigenvalue weighted by Gasteiger charge is 2.26. The highest BCUT2D eigenvalue weighted by Crippen LogP contribution is 2.16. The van der Waals surface area contributed by atoms with Crippen LogP contribution in [0.5, 0.6) is 0 Å². The van der Waals surface area contributed by atoms with Gasteiger partial charge in [0.25, 0.3) is 0 Å². The van der Waals surface area contributed by atoms with E-state index in [0.29, 0.717) is 11.6 Å². The van der Waals surface area contributed by atoms with Crippen LogP contribution in [0.25, 0.3) is 0 Å². The third-order valence-corrected chi connectivity index (χ3v) is 2.99. The van der Waals surface area contributed by atoms with Crippen LogP contribution in [0.1, 0.15) is 42.0 Å². The van der Waals surface area contributed by atoms with Crippen LogP contribution in [-0.4, -0.2) is 47.6 Å². The van der Waals surface area contributed by atoms with Gasteiger partial charge in [0.1, 0.15) is 0 Å². The Morgan fingerprint density at radius 3 is 1.64 bits per heavy atom. The molecule has 0 N–H and O–H groups in total. The van der Waals surface area contributed by atoms with Crippen molar-refractivity contribution in [1.29, 1.82) is 0 Å². The van der Waals surface area contributed by atoms with Gasteiger partial charge in [0.15, 0.2) is 0 Å². The van der Waals surface area contributed by atoms with Crippen LogP contribution >= 0.6 is 0 Å². The Kier molecular flexibility index (Phi) is 5.10. The molecule has 0 bridgehead atoms. The van der Waals surface area contributed by atoms with E-state index in [9.17, 15) is 0 Å². The lowest BCUT2D eigenvalue weighted by Gasteiger charge is -2.43. The van der Waals surface area contributed by atoms with E-state index in [2.05, 4.69) is 44.4 Å². The quantitative estimate of drug-likeness (QED) is 0.641. The molecule has 1 aliphatic rings. The van der Waals surface area contributed by atoms with Gasteiger partial charge in [0, 0.05) is 37.8 Å². The van der Waals surface area contributed by atoms with Crippen molar-refractivity contribution in [2.45, 2.75) is 53.6 Å². The maximum atomic E-state index is 2.58. The molecule has 0 unspecified atom stereocenters. The topological polar surface area (TPSA) is 6.48 Å². The van der Waals surface area contributed by atoms with Gasteiger partial charge in [0.05, 0.1) is 0 Å². The molecular formula is C12H28N2. The molecule has 0 amide bonds. The third-order valence-electron chi connectivity index (χ3n) is 2.99. The van der Waals surface area contributed by atoms with E-state index < -0.39 is 0 Å². The second kappa shape index (κ2) is 5.13. The van der Waals surface area contributed by atoms with Crippen LogP contribution in [0.15, 0.2) is 0 Å². The fourth-order valence-corrected chi connectivity index (χ4v) is 1.91. The monoisotopic (exact) mass is 200 g/mol. The zero-order valence-corrected chi connectivity index (χ0v) is 9.80. The van der Waals surface area contributed by atoms with Gasteiger partial charge < -0.3 is 0 Å². The van der Waals surface area contributed by atoms with Crippen molar-refractivity contribution in [3.05, 3.63) is 0 Å². The van der Waals surface area contributed by atoms with E-state index in [4.69, 9.17) is 0 Å². The number of piperazine rings is 1. The van der Waals surface area contributed by atoms with Gasteiger partial charge in [0.2, 0.25) is 0 Å². The SMILES string of the molecule is C.CC(C)N1CCN(C(C)(C)C)CC1. The molecule has 14 heavy (non-hydrogen) atoms. The van der Waals surface area contributed by atoms with Crippen molar-refractivity contribution in [3.8, 4) is 0 Å². The van der Waals surface area contributed by atoms with Gasteiger partial charge >= 0.3 is 0 Å². The zero-order valence-electron chi connectivity index (χ0n) is 9.80. The molecule has 1 rings (SSSR count). The van der Waals surface area contributed by atoms with E-state index in [1.165, 1.54) is 26.2 Å². The molecule has 0 spiro atoms. The molecule has 0 saturated carbocycles. The minimum Gasteiger partial charge on any atom is -0.298 e. The number of hydrogen-bond acceptors (Lipinski definition) is 2. The normalized spacial score (nSPS) is 21.0. The summed E-state index contributed by atoms with van der Waals surface area (Å²) < 4.78 is 0. The Bertz CT molecular complexity index is 150. The minimum atomic E-state index is 0. The van der Waals surface area contributed by atoms with Crippen molar-refractivity contribution in [2.24, 2.45) is 0 Å². The molecule has 0 atom stereocenters. The molecule has 2 nitrogen and oxygen atoms in total. The first-order valence-corrected chi connectivity index (χ1v) is 5.40. The summed E-state index contributed by atoms with van der Waals surface area (Å²) in [4.78, 5) is 5.13. The molecule has 1 fully saturated rings. The summed E-state index contributed by atoms with van der Waals surface area (Å²) in [5, 5.41) is 0. The largest absolute Gasteiger partial charge is 0.298 e. The summed E-state index contributed by atoms with van der Waals surface area (Å²) in [7, 11) is 0. The Hall–Kier alpha value is -0.0800. The summed E-state index contributed by atoms with van der Waals surface area (Å²) in [6.45, 7) is 16.4. The molecule has 0 aromatic heterocycles. The first-order chi connectivity index (χ1) is 5.91. The molecule has 1 saturated heterocycles. The predicted octanol–water partition coefficient (Wildman–Crippen LogP) is 2.45. The van der Waals surface area contributed by atoms with Crippen LogP contribution < -0.4 is 0 Å². The van der Waals surface area contributed by atoms with E-state index in [1.54, 1.807) is 0 Å². The van der Waals surface area contributed by atoms with E-state index in [0.717, 1.165) is 0 Å². The highest BCUT2D eigenvalue weighted by atomic mass is 15.3. The van der Waals surface area contributed by atoms with Crippen molar-refractivity contribution in [3.63, 3.8) is 0 Å². The standard InChI is InChI=1S/C11H24N2.CH4/c1-10(2)12-6-8-13(9-7-12)11(3,4)5;/h10H,6-9H2,1-5H3;1H4. The maximum Gasteiger partial charge on any atom is 0.0126 e. The fraction of sp³-hybridized carbons (Fsp3) is 1.00. The average Bonchev–Trinajstić information content (AvgIpc) is 2.03. The van der Waals surface area contributed by atoms with E-state index in [1.807, 2.05) is 0 Å². The van der Waals surface area contributed by atoms with Crippen LogP contribution in [-0.2, 0) is 0 Å². The molecule has 1 heterocycles. The predicted molar refractivity (Wildman–Crippen MR) is 64.8 cm³/mol. The fourth-order valence-electron chi connectivity index (χ4n) is 1.91. The molecule has 0 aromatic rings. The summed E-state index contributed by atoms with van der Waals surface area (Å²) in [6, 6.07) is 0.710. The number of rotatable bonds is 1. The van der Waals surface area contributed by atoms with Crippen molar-refractivity contribution >= 4 is 0 Å². The number of nitrogens with zero attached hydrogens (tertiary/aromatic N) is 2. The number of hydrogen-bond donors (Lipinski definition) is 0. The molecular weight excluding hydrogens is 172 g/mol. The zero-order chi connectivity index (χ0) is 10.1. The van der Waals surface area contributed by atoms with Gasteiger partial charge in [-0.3, -0.25) is 9.80 Å². The lowest BCUT2D eigenvalue weighted by molar-refractivity contribution is 0.0491. The van der Waals surface area contributed by atoms with Gasteiger partial charge in [-0.25, -0.2) is 0 Å². The molecule has 0 aromatic carbocycles. The summed E-state index contributed by atoms with van der Waals surface area (Å²) >= 11 is 0. The van der Waals surface area contributed by atoms with Gasteiger partial charge in [-0.1, -0.05) is 7.43 Å². The first kappa shape index (κ1) is 13.9. The molecule has 2 heteroatoms. The molecule has 1 aliphatic heterocycles. The first-order valence-electron chi connectivity index (χ1n) is 5.40. The molecule has 0 radical (unpaired) electrons. The lowest BCUT2D eigenvalue weighted by Crippen LogP contribution is -2.54. The van der Waals surface area contributed by atoms with E-state index in [-0.39, 0.29) is 7.43 Å². The van der Waals surface area contributed by atoms with Crippen LogP contribution in [0.2, 0.25) is 0 Å². The van der Waals surface area contributed by atoms with Crippen LogP contribution in [0.3, 0.4) is 0 Å². The Morgan fingerprint density at radius 2 is 1.36 bits per heavy atom. The van der Waals surface area contributed by atoms with Gasteiger partial charge in [-0.05, 0) is 34.6 Å². The van der Waals surface area contributed by atoms with Crippen molar-refractivity contribution in [1.82, 2.24) is 9.80 Å². The van der Waals surface area contributed by atoms with Gasteiger partial charge in [-0.15, -0.1) is 0 Å². The smallest absolute Gasteiger partial charge is 0.0126 e. The Morgan fingerprint density at radius 1 is 0.929 bits per heavy atom.